The summed E-state index contributed by atoms with van der Waals surface area (Å²) in [5.41, 5.74) is 0.685. The summed E-state index contributed by atoms with van der Waals surface area (Å²) in [6, 6.07) is 1.76. The van der Waals surface area contributed by atoms with Crippen molar-refractivity contribution in [1.29, 1.82) is 0 Å². The molecule has 1 aromatic rings. The summed E-state index contributed by atoms with van der Waals surface area (Å²) in [6.07, 6.45) is 5.07. The van der Waals surface area contributed by atoms with E-state index in [1.165, 1.54) is 11.9 Å². The maximum atomic E-state index is 13.6. The van der Waals surface area contributed by atoms with Gasteiger partial charge in [0, 0.05) is 44.7 Å². The Morgan fingerprint density at radius 1 is 1.35 bits per heavy atom. The van der Waals surface area contributed by atoms with E-state index in [0.29, 0.717) is 5.69 Å². The van der Waals surface area contributed by atoms with Gasteiger partial charge in [0.05, 0.1) is 11.9 Å². The van der Waals surface area contributed by atoms with Gasteiger partial charge in [0.2, 0.25) is 0 Å². The van der Waals surface area contributed by atoms with Crippen molar-refractivity contribution in [2.24, 2.45) is 0 Å². The summed E-state index contributed by atoms with van der Waals surface area (Å²) >= 11 is 1.87. The van der Waals surface area contributed by atoms with E-state index < -0.39 is 0 Å². The van der Waals surface area contributed by atoms with E-state index in [1.807, 2.05) is 11.8 Å². The molecule has 1 aliphatic rings. The third-order valence-corrected chi connectivity index (χ3v) is 3.67. The molecule has 0 unspecified atom stereocenters. The second kappa shape index (κ2) is 6.21. The molecule has 0 bridgehead atoms. The molecular formula is C12H18FN3S. The van der Waals surface area contributed by atoms with Crippen molar-refractivity contribution >= 4 is 17.4 Å². The SMILES string of the molecule is CSCCN1CCN(c2ccncc2F)CC1. The molecule has 0 aromatic carbocycles. The van der Waals surface area contributed by atoms with Gasteiger partial charge in [0.15, 0.2) is 5.82 Å². The zero-order chi connectivity index (χ0) is 12.1. The van der Waals surface area contributed by atoms with E-state index in [2.05, 4.69) is 21.0 Å². The number of rotatable bonds is 4. The number of hydrogen-bond acceptors (Lipinski definition) is 4. The summed E-state index contributed by atoms with van der Waals surface area (Å²) in [5, 5.41) is 0. The van der Waals surface area contributed by atoms with Gasteiger partial charge < -0.3 is 4.90 Å². The number of piperazine rings is 1. The third kappa shape index (κ3) is 3.33. The van der Waals surface area contributed by atoms with Gasteiger partial charge in [0.25, 0.3) is 0 Å². The van der Waals surface area contributed by atoms with Gasteiger partial charge in [-0.05, 0) is 12.3 Å². The first kappa shape index (κ1) is 12.6. The van der Waals surface area contributed by atoms with E-state index in [0.717, 1.165) is 32.7 Å². The first-order valence-corrected chi connectivity index (χ1v) is 7.26. The van der Waals surface area contributed by atoms with Crippen molar-refractivity contribution in [2.75, 3.05) is 49.6 Å². The molecule has 5 heteroatoms. The van der Waals surface area contributed by atoms with Crippen molar-refractivity contribution in [3.8, 4) is 0 Å². The molecule has 0 N–H and O–H groups in total. The summed E-state index contributed by atoms with van der Waals surface area (Å²) in [4.78, 5) is 8.32. The van der Waals surface area contributed by atoms with E-state index in [9.17, 15) is 4.39 Å². The molecule has 0 atom stereocenters. The molecule has 17 heavy (non-hydrogen) atoms. The maximum absolute atomic E-state index is 13.6. The molecule has 0 amide bonds. The van der Waals surface area contributed by atoms with Crippen LogP contribution in [0.25, 0.3) is 0 Å². The van der Waals surface area contributed by atoms with Crippen molar-refractivity contribution in [3.63, 3.8) is 0 Å². The number of halogens is 1. The van der Waals surface area contributed by atoms with Crippen LogP contribution in [0.15, 0.2) is 18.5 Å². The van der Waals surface area contributed by atoms with Crippen LogP contribution in [0.2, 0.25) is 0 Å². The summed E-state index contributed by atoms with van der Waals surface area (Å²) in [7, 11) is 0. The Bertz CT molecular complexity index is 353. The molecule has 0 saturated carbocycles. The minimum Gasteiger partial charge on any atom is -0.367 e. The van der Waals surface area contributed by atoms with Crippen LogP contribution in [0.4, 0.5) is 10.1 Å². The molecule has 0 aliphatic carbocycles. The summed E-state index contributed by atoms with van der Waals surface area (Å²) in [5.74, 6) is 0.953. The number of anilines is 1. The zero-order valence-electron chi connectivity index (χ0n) is 10.1. The number of hydrogen-bond donors (Lipinski definition) is 0. The van der Waals surface area contributed by atoms with E-state index >= 15 is 0 Å². The van der Waals surface area contributed by atoms with Crippen molar-refractivity contribution in [2.45, 2.75) is 0 Å². The monoisotopic (exact) mass is 255 g/mol. The fourth-order valence-corrected chi connectivity index (χ4v) is 2.50. The predicted molar refractivity (Wildman–Crippen MR) is 71.2 cm³/mol. The van der Waals surface area contributed by atoms with Crippen LogP contribution in [0.5, 0.6) is 0 Å². The molecule has 0 spiro atoms. The topological polar surface area (TPSA) is 19.4 Å². The van der Waals surface area contributed by atoms with E-state index in [1.54, 1.807) is 12.3 Å². The lowest BCUT2D eigenvalue weighted by Gasteiger charge is -2.36. The molecule has 2 heterocycles. The summed E-state index contributed by atoms with van der Waals surface area (Å²) in [6.45, 7) is 4.96. The van der Waals surface area contributed by atoms with Crippen LogP contribution >= 0.6 is 11.8 Å². The predicted octanol–water partition coefficient (Wildman–Crippen LogP) is 1.71. The Labute approximate surface area is 106 Å². The molecular weight excluding hydrogens is 237 g/mol. The highest BCUT2D eigenvalue weighted by Crippen LogP contribution is 2.19. The van der Waals surface area contributed by atoms with Gasteiger partial charge in [-0.25, -0.2) is 4.39 Å². The molecule has 1 fully saturated rings. The molecule has 1 aromatic heterocycles. The number of aromatic nitrogens is 1. The Hall–Kier alpha value is -0.810. The standard InChI is InChI=1S/C12H18FN3S/c1-17-9-8-15-4-6-16(7-5-15)12-2-3-14-10-11(12)13/h2-3,10H,4-9H2,1H3. The quantitative estimate of drug-likeness (QED) is 0.815. The molecule has 0 radical (unpaired) electrons. The largest absolute Gasteiger partial charge is 0.367 e. The maximum Gasteiger partial charge on any atom is 0.164 e. The van der Waals surface area contributed by atoms with Crippen LogP contribution in [-0.2, 0) is 0 Å². The minimum atomic E-state index is -0.218. The van der Waals surface area contributed by atoms with Crippen LogP contribution in [0, 0.1) is 5.82 Å². The molecule has 1 aliphatic heterocycles. The Balaban J connectivity index is 1.89. The Morgan fingerprint density at radius 3 is 2.76 bits per heavy atom. The van der Waals surface area contributed by atoms with Crippen LogP contribution < -0.4 is 4.90 Å². The number of nitrogens with zero attached hydrogens (tertiary/aromatic N) is 3. The molecule has 1 saturated heterocycles. The van der Waals surface area contributed by atoms with Gasteiger partial charge in [-0.2, -0.15) is 11.8 Å². The first-order valence-electron chi connectivity index (χ1n) is 5.87. The van der Waals surface area contributed by atoms with Gasteiger partial charge in [0.1, 0.15) is 0 Å². The zero-order valence-corrected chi connectivity index (χ0v) is 10.9. The molecule has 2 rings (SSSR count). The number of pyridine rings is 1. The highest BCUT2D eigenvalue weighted by atomic mass is 32.2. The smallest absolute Gasteiger partial charge is 0.164 e. The molecule has 3 nitrogen and oxygen atoms in total. The van der Waals surface area contributed by atoms with Crippen LogP contribution in [-0.4, -0.2) is 54.6 Å². The highest BCUT2D eigenvalue weighted by molar-refractivity contribution is 7.98. The average Bonchev–Trinajstić information content (AvgIpc) is 2.38. The molecule has 94 valence electrons. The second-order valence-electron chi connectivity index (χ2n) is 4.15. The van der Waals surface area contributed by atoms with Gasteiger partial charge in [-0.15, -0.1) is 0 Å². The van der Waals surface area contributed by atoms with E-state index in [-0.39, 0.29) is 5.82 Å². The lowest BCUT2D eigenvalue weighted by molar-refractivity contribution is 0.272. The average molecular weight is 255 g/mol. The fourth-order valence-electron chi connectivity index (χ4n) is 2.06. The normalized spacial score (nSPS) is 17.4. The van der Waals surface area contributed by atoms with Gasteiger partial charge in [-0.1, -0.05) is 0 Å². The van der Waals surface area contributed by atoms with Crippen molar-refractivity contribution in [3.05, 3.63) is 24.3 Å². The van der Waals surface area contributed by atoms with Crippen LogP contribution in [0.3, 0.4) is 0 Å². The Morgan fingerprint density at radius 2 is 2.12 bits per heavy atom. The van der Waals surface area contributed by atoms with Crippen molar-refractivity contribution in [1.82, 2.24) is 9.88 Å². The first-order chi connectivity index (χ1) is 8.31. The minimum absolute atomic E-state index is 0.218. The Kier molecular flexibility index (Phi) is 4.62. The van der Waals surface area contributed by atoms with E-state index in [4.69, 9.17) is 0 Å². The second-order valence-corrected chi connectivity index (χ2v) is 5.13. The summed E-state index contributed by atoms with van der Waals surface area (Å²) < 4.78 is 13.6. The number of thioether (sulfide) groups is 1. The van der Waals surface area contributed by atoms with Crippen molar-refractivity contribution < 1.29 is 4.39 Å². The lowest BCUT2D eigenvalue weighted by atomic mass is 10.2. The lowest BCUT2D eigenvalue weighted by Crippen LogP contribution is -2.47. The van der Waals surface area contributed by atoms with Crippen LogP contribution in [0.1, 0.15) is 0 Å². The van der Waals surface area contributed by atoms with Gasteiger partial charge in [-0.3, -0.25) is 9.88 Å². The highest BCUT2D eigenvalue weighted by Gasteiger charge is 2.18. The third-order valence-electron chi connectivity index (χ3n) is 3.08. The fraction of sp³-hybridized carbons (Fsp3) is 0.583. The van der Waals surface area contributed by atoms with Gasteiger partial charge >= 0.3 is 0 Å².